The summed E-state index contributed by atoms with van der Waals surface area (Å²) in [6.45, 7) is 6.15. The normalized spacial score (nSPS) is 11.0. The minimum absolute atomic E-state index is 0.0544. The molecule has 5 heteroatoms. The van der Waals surface area contributed by atoms with Crippen LogP contribution >= 0.6 is 0 Å². The number of hydrogen-bond donors (Lipinski definition) is 0. The van der Waals surface area contributed by atoms with Crippen molar-refractivity contribution in [3.05, 3.63) is 105 Å². The fourth-order valence-electron chi connectivity index (χ4n) is 3.69. The predicted molar refractivity (Wildman–Crippen MR) is 123 cm³/mol. The molecular weight excluding hydrogens is 404 g/mol. The molecule has 0 saturated heterocycles. The summed E-state index contributed by atoms with van der Waals surface area (Å²) in [5.41, 5.74) is 3.12. The first kappa shape index (κ1) is 21.4. The van der Waals surface area contributed by atoms with E-state index in [4.69, 9.17) is 13.9 Å². The Morgan fingerprint density at radius 1 is 0.969 bits per heavy atom. The Labute approximate surface area is 186 Å². The quantitative estimate of drug-likeness (QED) is 0.264. The van der Waals surface area contributed by atoms with Gasteiger partial charge in [0.2, 0.25) is 0 Å². The van der Waals surface area contributed by atoms with Gasteiger partial charge >= 0.3 is 11.6 Å². The first-order valence-corrected chi connectivity index (χ1v) is 10.5. The van der Waals surface area contributed by atoms with E-state index >= 15 is 0 Å². The van der Waals surface area contributed by atoms with E-state index in [1.165, 1.54) is 6.07 Å². The number of para-hydroxylation sites is 2. The van der Waals surface area contributed by atoms with Gasteiger partial charge in [0.1, 0.15) is 29.3 Å². The molecule has 0 saturated carbocycles. The Bertz CT molecular complexity index is 1320. The summed E-state index contributed by atoms with van der Waals surface area (Å²) in [6.07, 6.45) is 0. The Morgan fingerprint density at radius 2 is 1.69 bits per heavy atom. The highest BCUT2D eigenvalue weighted by Crippen LogP contribution is 2.28. The number of esters is 1. The lowest BCUT2D eigenvalue weighted by atomic mass is 9.95. The number of hydrogen-bond acceptors (Lipinski definition) is 5. The van der Waals surface area contributed by atoms with Crippen molar-refractivity contribution < 1.29 is 18.7 Å². The smallest absolute Gasteiger partial charge is 0.342 e. The number of fused-ring (bicyclic) bond motifs is 1. The maximum absolute atomic E-state index is 12.9. The number of carbonyl (C=O) groups is 1. The molecule has 0 unspecified atom stereocenters. The van der Waals surface area contributed by atoms with Crippen LogP contribution in [-0.2, 0) is 11.3 Å². The highest BCUT2D eigenvalue weighted by molar-refractivity contribution is 5.93. The van der Waals surface area contributed by atoms with Crippen molar-refractivity contribution in [3.8, 4) is 11.5 Å². The van der Waals surface area contributed by atoms with Gasteiger partial charge in [0.25, 0.3) is 0 Å². The molecule has 1 heterocycles. The molecule has 0 radical (unpaired) electrons. The topological polar surface area (TPSA) is 65.7 Å². The molecule has 4 rings (SSSR count). The Balaban J connectivity index is 1.61. The molecule has 5 nitrogen and oxygen atoms in total. The first-order valence-electron chi connectivity index (χ1n) is 10.5. The van der Waals surface area contributed by atoms with Crippen LogP contribution in [0.2, 0.25) is 0 Å². The van der Waals surface area contributed by atoms with Crippen molar-refractivity contribution in [1.29, 1.82) is 0 Å². The van der Waals surface area contributed by atoms with E-state index in [1.54, 1.807) is 24.3 Å². The lowest BCUT2D eigenvalue weighted by molar-refractivity contribution is 0.0471. The lowest BCUT2D eigenvalue weighted by Crippen LogP contribution is -2.09. The van der Waals surface area contributed by atoms with Crippen LogP contribution in [-0.4, -0.2) is 5.97 Å². The van der Waals surface area contributed by atoms with Gasteiger partial charge in [0.05, 0.1) is 0 Å². The highest BCUT2D eigenvalue weighted by Gasteiger charge is 2.17. The van der Waals surface area contributed by atoms with Crippen LogP contribution in [0, 0.1) is 6.92 Å². The summed E-state index contributed by atoms with van der Waals surface area (Å²) in [7, 11) is 0. The van der Waals surface area contributed by atoms with E-state index < -0.39 is 11.6 Å². The predicted octanol–water partition coefficient (Wildman–Crippen LogP) is 6.37. The van der Waals surface area contributed by atoms with E-state index in [9.17, 15) is 9.59 Å². The Morgan fingerprint density at radius 3 is 2.44 bits per heavy atom. The highest BCUT2D eigenvalue weighted by atomic mass is 16.5. The second-order valence-electron chi connectivity index (χ2n) is 7.94. The molecule has 4 aromatic rings. The molecule has 0 bridgehead atoms. The van der Waals surface area contributed by atoms with Crippen molar-refractivity contribution >= 4 is 16.9 Å². The molecule has 32 heavy (non-hydrogen) atoms. The third-order valence-corrected chi connectivity index (χ3v) is 5.28. The van der Waals surface area contributed by atoms with Crippen LogP contribution in [0.5, 0.6) is 11.5 Å². The SMILES string of the molecule is Cc1cc2oc(=O)cc(COC(=O)c3ccccc3Oc3ccccc3)c2cc1C(C)C. The van der Waals surface area contributed by atoms with Gasteiger partial charge < -0.3 is 13.9 Å². The Hall–Kier alpha value is -3.86. The molecular formula is C27H24O5. The number of benzene rings is 3. The van der Waals surface area contributed by atoms with Gasteiger partial charge in [-0.15, -0.1) is 0 Å². The van der Waals surface area contributed by atoms with Gasteiger partial charge in [-0.2, -0.15) is 0 Å². The average Bonchev–Trinajstić information content (AvgIpc) is 2.77. The maximum atomic E-state index is 12.9. The fourth-order valence-corrected chi connectivity index (χ4v) is 3.69. The van der Waals surface area contributed by atoms with Crippen molar-refractivity contribution in [2.24, 2.45) is 0 Å². The van der Waals surface area contributed by atoms with Crippen molar-refractivity contribution in [1.82, 2.24) is 0 Å². The van der Waals surface area contributed by atoms with Crippen LogP contribution in [0.15, 0.2) is 82.0 Å². The third-order valence-electron chi connectivity index (χ3n) is 5.28. The summed E-state index contributed by atoms with van der Waals surface area (Å²) in [4.78, 5) is 25.0. The monoisotopic (exact) mass is 428 g/mol. The van der Waals surface area contributed by atoms with Gasteiger partial charge in [0, 0.05) is 17.0 Å². The standard InChI is InChI=1S/C27H24O5/c1-17(2)22-15-23-19(14-26(28)32-25(23)13-18(22)3)16-30-27(29)21-11-7-8-12-24(21)31-20-9-5-4-6-10-20/h4-15,17H,16H2,1-3H3. The zero-order valence-electron chi connectivity index (χ0n) is 18.3. The largest absolute Gasteiger partial charge is 0.457 e. The summed E-state index contributed by atoms with van der Waals surface area (Å²) in [5.74, 6) is 0.799. The van der Waals surface area contributed by atoms with E-state index in [0.717, 1.165) is 16.5 Å². The number of ether oxygens (including phenoxy) is 2. The third kappa shape index (κ3) is 4.57. The molecule has 162 valence electrons. The molecule has 0 amide bonds. The number of aryl methyl sites for hydroxylation is 1. The molecule has 0 N–H and O–H groups in total. The molecule has 3 aromatic carbocycles. The molecule has 0 aliphatic rings. The Kier molecular flexibility index (Phi) is 6.08. The first-order chi connectivity index (χ1) is 15.4. The maximum Gasteiger partial charge on any atom is 0.342 e. The van der Waals surface area contributed by atoms with Crippen LogP contribution in [0.3, 0.4) is 0 Å². The molecule has 0 atom stereocenters. The molecule has 1 aromatic heterocycles. The van der Waals surface area contributed by atoms with Gasteiger partial charge in [0.15, 0.2) is 0 Å². The van der Waals surface area contributed by atoms with Crippen LogP contribution in [0.4, 0.5) is 0 Å². The van der Waals surface area contributed by atoms with Crippen LogP contribution in [0.1, 0.15) is 46.8 Å². The molecule has 0 fully saturated rings. The molecule has 0 aliphatic carbocycles. The molecule has 0 spiro atoms. The number of carbonyl (C=O) groups excluding carboxylic acids is 1. The van der Waals surface area contributed by atoms with Gasteiger partial charge in [-0.3, -0.25) is 0 Å². The van der Waals surface area contributed by atoms with E-state index in [1.807, 2.05) is 49.4 Å². The minimum atomic E-state index is -0.533. The van der Waals surface area contributed by atoms with Gasteiger partial charge in [-0.05, 0) is 60.4 Å². The van der Waals surface area contributed by atoms with Crippen LogP contribution < -0.4 is 10.4 Å². The second-order valence-corrected chi connectivity index (χ2v) is 7.94. The summed E-state index contributed by atoms with van der Waals surface area (Å²) in [5, 5.41) is 0.764. The van der Waals surface area contributed by atoms with E-state index in [-0.39, 0.29) is 6.61 Å². The van der Waals surface area contributed by atoms with E-state index in [0.29, 0.717) is 34.1 Å². The lowest BCUT2D eigenvalue weighted by Gasteiger charge is -2.14. The summed E-state index contributed by atoms with van der Waals surface area (Å²) < 4.78 is 16.8. The number of rotatable bonds is 6. The van der Waals surface area contributed by atoms with E-state index in [2.05, 4.69) is 13.8 Å². The summed E-state index contributed by atoms with van der Waals surface area (Å²) in [6, 6.07) is 21.4. The minimum Gasteiger partial charge on any atom is -0.457 e. The van der Waals surface area contributed by atoms with Crippen molar-refractivity contribution in [2.45, 2.75) is 33.3 Å². The van der Waals surface area contributed by atoms with Gasteiger partial charge in [-0.25, -0.2) is 9.59 Å². The molecule has 0 aliphatic heterocycles. The second kappa shape index (κ2) is 9.10. The van der Waals surface area contributed by atoms with Gasteiger partial charge in [-0.1, -0.05) is 44.2 Å². The van der Waals surface area contributed by atoms with Crippen molar-refractivity contribution in [2.75, 3.05) is 0 Å². The van der Waals surface area contributed by atoms with Crippen LogP contribution in [0.25, 0.3) is 11.0 Å². The zero-order valence-corrected chi connectivity index (χ0v) is 18.3. The fraction of sp³-hybridized carbons (Fsp3) is 0.185. The summed E-state index contributed by atoms with van der Waals surface area (Å²) >= 11 is 0. The van der Waals surface area contributed by atoms with Crippen molar-refractivity contribution in [3.63, 3.8) is 0 Å². The average molecular weight is 428 g/mol. The zero-order chi connectivity index (χ0) is 22.7.